The summed E-state index contributed by atoms with van der Waals surface area (Å²) >= 11 is 0. The third-order valence-corrected chi connectivity index (χ3v) is 2.04. The molecule has 0 spiro atoms. The summed E-state index contributed by atoms with van der Waals surface area (Å²) in [6, 6.07) is 10.9. The van der Waals surface area contributed by atoms with Gasteiger partial charge >= 0.3 is 5.97 Å². The van der Waals surface area contributed by atoms with Gasteiger partial charge in [0.15, 0.2) is 5.57 Å². The molecule has 0 aliphatic heterocycles. The van der Waals surface area contributed by atoms with Gasteiger partial charge < -0.3 is 14.2 Å². The molecule has 5 heteroatoms. The summed E-state index contributed by atoms with van der Waals surface area (Å²) < 4.78 is 15.1. The van der Waals surface area contributed by atoms with Crippen molar-refractivity contribution in [3.05, 3.63) is 42.2 Å². The second kappa shape index (κ2) is 8.59. The quantitative estimate of drug-likeness (QED) is 0.247. The predicted octanol–water partition coefficient (Wildman–Crippen LogP) is 2.05. The molecule has 100 valence electrons. The van der Waals surface area contributed by atoms with Gasteiger partial charge in [0.25, 0.3) is 0 Å². The van der Waals surface area contributed by atoms with Crippen molar-refractivity contribution in [3.63, 3.8) is 0 Å². The average Bonchev–Trinajstić information content (AvgIpc) is 2.45. The summed E-state index contributed by atoms with van der Waals surface area (Å²) in [5.41, 5.74) is -0.165. The van der Waals surface area contributed by atoms with Gasteiger partial charge in [-0.15, -0.1) is 0 Å². The zero-order chi connectivity index (χ0) is 13.9. The fourth-order valence-corrected chi connectivity index (χ4v) is 1.18. The zero-order valence-corrected chi connectivity index (χ0v) is 10.7. The van der Waals surface area contributed by atoms with Crippen molar-refractivity contribution < 1.29 is 19.0 Å². The summed E-state index contributed by atoms with van der Waals surface area (Å²) in [5.74, 6) is -0.0171. The van der Waals surface area contributed by atoms with E-state index in [1.54, 1.807) is 25.1 Å². The molecule has 0 radical (unpaired) electrons. The number of carbonyl (C=O) groups is 1. The Balaban J connectivity index is 2.29. The number of hydrogen-bond acceptors (Lipinski definition) is 5. The topological polar surface area (TPSA) is 68.5 Å². The molecule has 1 aromatic rings. The second-order valence-electron chi connectivity index (χ2n) is 3.40. The van der Waals surface area contributed by atoms with Gasteiger partial charge in [0.05, 0.1) is 6.61 Å². The van der Waals surface area contributed by atoms with Crippen LogP contribution in [-0.4, -0.2) is 25.8 Å². The lowest BCUT2D eigenvalue weighted by molar-refractivity contribution is -0.139. The van der Waals surface area contributed by atoms with E-state index in [1.165, 1.54) is 0 Å². The molecule has 1 aromatic carbocycles. The monoisotopic (exact) mass is 261 g/mol. The molecular formula is C14H15NO4. The normalized spacial score (nSPS) is 10.4. The van der Waals surface area contributed by atoms with Crippen molar-refractivity contribution in [2.75, 3.05) is 19.8 Å². The van der Waals surface area contributed by atoms with Crippen LogP contribution in [0.25, 0.3) is 0 Å². The molecule has 0 saturated carbocycles. The lowest BCUT2D eigenvalue weighted by Gasteiger charge is -2.06. The van der Waals surface area contributed by atoms with E-state index in [0.29, 0.717) is 12.4 Å². The van der Waals surface area contributed by atoms with Crippen molar-refractivity contribution in [3.8, 4) is 11.8 Å². The number of rotatable bonds is 7. The molecule has 0 aromatic heterocycles. The predicted molar refractivity (Wildman–Crippen MR) is 68.2 cm³/mol. The Labute approximate surface area is 112 Å². The van der Waals surface area contributed by atoms with Gasteiger partial charge in [0.2, 0.25) is 0 Å². The Bertz CT molecular complexity index is 462. The van der Waals surface area contributed by atoms with Gasteiger partial charge in [-0.1, -0.05) is 18.2 Å². The maximum atomic E-state index is 11.4. The molecule has 1 rings (SSSR count). The summed E-state index contributed by atoms with van der Waals surface area (Å²) in [7, 11) is 0. The van der Waals surface area contributed by atoms with Gasteiger partial charge in [-0.2, -0.15) is 5.26 Å². The molecule has 0 bridgehead atoms. The third kappa shape index (κ3) is 5.59. The van der Waals surface area contributed by atoms with Crippen LogP contribution in [0.4, 0.5) is 0 Å². The smallest absolute Gasteiger partial charge is 0.352 e. The van der Waals surface area contributed by atoms with Crippen LogP contribution in [0.1, 0.15) is 6.92 Å². The second-order valence-corrected chi connectivity index (χ2v) is 3.40. The van der Waals surface area contributed by atoms with E-state index < -0.39 is 5.97 Å². The SMILES string of the molecule is CCOC=C(C#N)C(=O)OCCOc1ccccc1. The first-order valence-corrected chi connectivity index (χ1v) is 5.84. The average molecular weight is 261 g/mol. The maximum Gasteiger partial charge on any atom is 0.352 e. The number of benzene rings is 1. The molecule has 19 heavy (non-hydrogen) atoms. The van der Waals surface area contributed by atoms with Crippen LogP contribution in [0, 0.1) is 11.3 Å². The highest BCUT2D eigenvalue weighted by atomic mass is 16.6. The summed E-state index contributed by atoms with van der Waals surface area (Å²) in [5, 5.41) is 8.73. The Kier molecular flexibility index (Phi) is 6.59. The van der Waals surface area contributed by atoms with Crippen LogP contribution in [-0.2, 0) is 14.3 Å². The minimum atomic E-state index is -0.715. The van der Waals surface area contributed by atoms with Gasteiger partial charge in [0.1, 0.15) is 31.3 Å². The minimum Gasteiger partial charge on any atom is -0.500 e. The summed E-state index contributed by atoms with van der Waals surface area (Å²) in [6.45, 7) is 2.43. The van der Waals surface area contributed by atoms with Gasteiger partial charge in [0, 0.05) is 0 Å². The minimum absolute atomic E-state index is 0.0683. The highest BCUT2D eigenvalue weighted by Crippen LogP contribution is 2.07. The Morgan fingerprint density at radius 1 is 1.32 bits per heavy atom. The Morgan fingerprint density at radius 2 is 2.05 bits per heavy atom. The molecule has 0 saturated heterocycles. The highest BCUT2D eigenvalue weighted by molar-refractivity contribution is 5.92. The van der Waals surface area contributed by atoms with Crippen LogP contribution in [0.2, 0.25) is 0 Å². The van der Waals surface area contributed by atoms with E-state index in [2.05, 4.69) is 0 Å². The number of carbonyl (C=O) groups excluding carboxylic acids is 1. The van der Waals surface area contributed by atoms with Crippen LogP contribution in [0.3, 0.4) is 0 Å². The largest absolute Gasteiger partial charge is 0.500 e. The van der Waals surface area contributed by atoms with Crippen molar-refractivity contribution in [2.24, 2.45) is 0 Å². The molecule has 0 heterocycles. The number of esters is 1. The molecular weight excluding hydrogens is 246 g/mol. The first kappa shape index (κ1) is 14.6. The van der Waals surface area contributed by atoms with E-state index >= 15 is 0 Å². The van der Waals surface area contributed by atoms with Gasteiger partial charge in [-0.25, -0.2) is 4.79 Å². The van der Waals surface area contributed by atoms with Crippen LogP contribution < -0.4 is 4.74 Å². The molecule has 0 fully saturated rings. The van der Waals surface area contributed by atoms with E-state index in [1.807, 2.05) is 18.2 Å². The molecule has 0 N–H and O–H groups in total. The highest BCUT2D eigenvalue weighted by Gasteiger charge is 2.10. The Hall–Kier alpha value is -2.48. The number of nitriles is 1. The lowest BCUT2D eigenvalue weighted by atomic mass is 10.3. The van der Waals surface area contributed by atoms with Crippen molar-refractivity contribution in [1.29, 1.82) is 5.26 Å². The van der Waals surface area contributed by atoms with E-state index in [9.17, 15) is 4.79 Å². The number of nitrogens with zero attached hydrogens (tertiary/aromatic N) is 1. The fourth-order valence-electron chi connectivity index (χ4n) is 1.18. The molecule has 0 aliphatic carbocycles. The van der Waals surface area contributed by atoms with Gasteiger partial charge in [-0.05, 0) is 19.1 Å². The van der Waals surface area contributed by atoms with Crippen LogP contribution >= 0.6 is 0 Å². The lowest BCUT2D eigenvalue weighted by Crippen LogP contribution is -2.13. The Morgan fingerprint density at radius 3 is 2.68 bits per heavy atom. The third-order valence-electron chi connectivity index (χ3n) is 2.04. The number of hydrogen-bond donors (Lipinski definition) is 0. The van der Waals surface area contributed by atoms with Crippen molar-refractivity contribution in [1.82, 2.24) is 0 Å². The zero-order valence-electron chi connectivity index (χ0n) is 10.7. The van der Waals surface area contributed by atoms with Crippen molar-refractivity contribution >= 4 is 5.97 Å². The fraction of sp³-hybridized carbons (Fsp3) is 0.286. The molecule has 0 aliphatic rings. The van der Waals surface area contributed by atoms with Crippen molar-refractivity contribution in [2.45, 2.75) is 6.92 Å². The van der Waals surface area contributed by atoms with E-state index in [4.69, 9.17) is 19.5 Å². The number of ether oxygens (including phenoxy) is 3. The van der Waals surface area contributed by atoms with E-state index in [0.717, 1.165) is 6.26 Å². The molecule has 0 amide bonds. The van der Waals surface area contributed by atoms with Gasteiger partial charge in [-0.3, -0.25) is 0 Å². The summed E-state index contributed by atoms with van der Waals surface area (Å²) in [6.07, 6.45) is 1.10. The first-order chi connectivity index (χ1) is 9.27. The summed E-state index contributed by atoms with van der Waals surface area (Å²) in [4.78, 5) is 11.4. The van der Waals surface area contributed by atoms with E-state index in [-0.39, 0.29) is 18.8 Å². The van der Waals surface area contributed by atoms with Crippen LogP contribution in [0.5, 0.6) is 5.75 Å². The maximum absolute atomic E-state index is 11.4. The van der Waals surface area contributed by atoms with Crippen LogP contribution in [0.15, 0.2) is 42.2 Å². The number of para-hydroxylation sites is 1. The molecule has 0 atom stereocenters. The molecule has 5 nitrogen and oxygen atoms in total. The molecule has 0 unspecified atom stereocenters. The first-order valence-electron chi connectivity index (χ1n) is 5.84. The standard InChI is InChI=1S/C14H15NO4/c1-2-17-11-12(10-15)14(16)19-9-8-18-13-6-4-3-5-7-13/h3-7,11H,2,8-9H2,1H3.